The number of aryl methyl sites for hydroxylation is 2. The summed E-state index contributed by atoms with van der Waals surface area (Å²) >= 11 is 0. The molecule has 226 valence electrons. The summed E-state index contributed by atoms with van der Waals surface area (Å²) in [6.07, 6.45) is 8.25. The predicted molar refractivity (Wildman–Crippen MR) is 141 cm³/mol. The first-order valence-corrected chi connectivity index (χ1v) is 14.1. The Labute approximate surface area is 241 Å². The first kappa shape index (κ1) is 29.7. The maximum absolute atomic E-state index is 15.3. The molecule has 3 aromatic rings. The second-order valence-electron chi connectivity index (χ2n) is 11.3. The van der Waals surface area contributed by atoms with E-state index in [1.165, 1.54) is 17.2 Å². The van der Waals surface area contributed by atoms with E-state index in [0.29, 0.717) is 48.8 Å². The molecule has 0 spiro atoms. The zero-order valence-corrected chi connectivity index (χ0v) is 22.7. The topological polar surface area (TPSA) is 0 Å². The molecule has 0 N–H and O–H groups in total. The van der Waals surface area contributed by atoms with E-state index in [-0.39, 0.29) is 12.2 Å². The van der Waals surface area contributed by atoms with E-state index < -0.39 is 75.8 Å². The van der Waals surface area contributed by atoms with Crippen LogP contribution in [-0.4, -0.2) is 6.71 Å². The molecule has 11 heteroatoms. The zero-order valence-electron chi connectivity index (χ0n) is 22.7. The number of fused-ring (bicyclic) bond motifs is 1. The van der Waals surface area contributed by atoms with Crippen molar-refractivity contribution in [2.45, 2.75) is 64.2 Å². The van der Waals surface area contributed by atoms with Crippen LogP contribution in [0.15, 0.2) is 34.9 Å². The highest BCUT2D eigenvalue weighted by Gasteiger charge is 2.36. The maximum atomic E-state index is 15.3. The lowest BCUT2D eigenvalue weighted by Crippen LogP contribution is -2.54. The predicted octanol–water partition coefficient (Wildman–Crippen LogP) is 7.84. The van der Waals surface area contributed by atoms with Crippen LogP contribution in [0, 0.1) is 64.0 Å². The fourth-order valence-electron chi connectivity index (χ4n) is 6.91. The molecule has 0 aliphatic heterocycles. The van der Waals surface area contributed by atoms with Gasteiger partial charge in [-0.05, 0) is 44.4 Å². The minimum atomic E-state index is -2.52. The molecule has 0 nitrogen and oxygen atoms in total. The minimum absolute atomic E-state index is 0.220. The van der Waals surface area contributed by atoms with Crippen LogP contribution in [0.4, 0.5) is 43.9 Å². The summed E-state index contributed by atoms with van der Waals surface area (Å²) < 4.78 is 147. The molecule has 0 saturated heterocycles. The quantitative estimate of drug-likeness (QED) is 0.0880. The van der Waals surface area contributed by atoms with E-state index in [4.69, 9.17) is 0 Å². The Balaban J connectivity index is 1.53. The normalized spacial score (nSPS) is 17.1. The minimum Gasteiger partial charge on any atom is -0.210 e. The van der Waals surface area contributed by atoms with Crippen LogP contribution in [0.5, 0.6) is 0 Å². The third-order valence-corrected chi connectivity index (χ3v) is 8.96. The van der Waals surface area contributed by atoms with E-state index in [0.717, 1.165) is 31.2 Å². The number of hydrogen-bond acceptors (Lipinski definition) is 0. The molecule has 2 radical (unpaired) electrons. The third kappa shape index (κ3) is 4.74. The van der Waals surface area contributed by atoms with Crippen molar-refractivity contribution in [3.63, 3.8) is 0 Å². The van der Waals surface area contributed by atoms with E-state index in [2.05, 4.69) is 6.07 Å². The van der Waals surface area contributed by atoms with Gasteiger partial charge in [0.05, 0.1) is 0 Å². The summed E-state index contributed by atoms with van der Waals surface area (Å²) in [6.45, 7) is -2.51. The third-order valence-electron chi connectivity index (χ3n) is 8.96. The first-order chi connectivity index (χ1) is 20.5. The number of halogens is 10. The lowest BCUT2D eigenvalue weighted by atomic mass is 9.32. The maximum Gasteiger partial charge on any atom is 0.200 e. The van der Waals surface area contributed by atoms with Crippen molar-refractivity contribution in [3.8, 4) is 0 Å². The van der Waals surface area contributed by atoms with Crippen LogP contribution < -0.4 is 10.9 Å². The number of rotatable bonds is 6. The van der Waals surface area contributed by atoms with E-state index in [9.17, 15) is 26.3 Å². The molecule has 0 amide bonds. The van der Waals surface area contributed by atoms with E-state index in [1.807, 2.05) is 6.07 Å². The van der Waals surface area contributed by atoms with Crippen molar-refractivity contribution >= 4 is 17.6 Å². The SMILES string of the molecule is Fc1c(F)c(F)c([B-]([C]2C=C(CCc3cc[c-]4c3CCCC4)C3=C2CCCC3)c2c(F)c(F)c(F)c(F)c2F)c(F)c1F. The Hall–Kier alpha value is -3.37. The number of hydrogen-bond donors (Lipinski definition) is 0. The van der Waals surface area contributed by atoms with Crippen LogP contribution in [0.1, 0.15) is 61.6 Å². The fourth-order valence-corrected chi connectivity index (χ4v) is 6.91. The molecule has 0 fully saturated rings. The van der Waals surface area contributed by atoms with Crippen LogP contribution in [0.3, 0.4) is 0 Å². The summed E-state index contributed by atoms with van der Waals surface area (Å²) in [6, 6.07) is 4.09. The van der Waals surface area contributed by atoms with Gasteiger partial charge in [-0.3, -0.25) is 0 Å². The smallest absolute Gasteiger partial charge is 0.200 e. The Morgan fingerprint density at radius 1 is 0.558 bits per heavy atom. The molecular formula is C32H23BF10-2. The van der Waals surface area contributed by atoms with Crippen molar-refractivity contribution in [1.82, 2.24) is 0 Å². The van der Waals surface area contributed by atoms with E-state index >= 15 is 17.6 Å². The summed E-state index contributed by atoms with van der Waals surface area (Å²) in [5.41, 5.74) is 1.94. The Bertz CT molecular complexity index is 1570. The fraction of sp³-hybridized carbons (Fsp3) is 0.312. The summed E-state index contributed by atoms with van der Waals surface area (Å²) in [4.78, 5) is 0. The van der Waals surface area contributed by atoms with Crippen molar-refractivity contribution in [3.05, 3.63) is 116 Å². The molecule has 43 heavy (non-hydrogen) atoms. The van der Waals surface area contributed by atoms with Gasteiger partial charge in [0, 0.05) is 0 Å². The molecule has 3 aliphatic rings. The van der Waals surface area contributed by atoms with Gasteiger partial charge in [-0.2, -0.15) is 39.5 Å². The molecule has 3 aliphatic carbocycles. The van der Waals surface area contributed by atoms with Gasteiger partial charge in [0.2, 0.25) is 0 Å². The van der Waals surface area contributed by atoms with E-state index in [1.54, 1.807) is 0 Å². The van der Waals surface area contributed by atoms with Crippen LogP contribution in [0.2, 0.25) is 0 Å². The highest BCUT2D eigenvalue weighted by Crippen LogP contribution is 2.45. The van der Waals surface area contributed by atoms with Gasteiger partial charge in [0.25, 0.3) is 0 Å². The summed E-state index contributed by atoms with van der Waals surface area (Å²) in [5, 5.41) is 0. The average molecular weight is 608 g/mol. The van der Waals surface area contributed by atoms with Crippen LogP contribution >= 0.6 is 0 Å². The molecular weight excluding hydrogens is 585 g/mol. The van der Waals surface area contributed by atoms with Gasteiger partial charge in [-0.15, -0.1) is 6.08 Å². The Morgan fingerprint density at radius 3 is 1.60 bits per heavy atom. The van der Waals surface area contributed by atoms with Gasteiger partial charge in [-0.25, -0.2) is 50.0 Å². The molecule has 0 aromatic heterocycles. The van der Waals surface area contributed by atoms with Crippen molar-refractivity contribution < 1.29 is 43.9 Å². The highest BCUT2D eigenvalue weighted by molar-refractivity contribution is 6.91. The van der Waals surface area contributed by atoms with Gasteiger partial charge in [0.15, 0.2) is 34.9 Å². The lowest BCUT2D eigenvalue weighted by molar-refractivity contribution is 0.382. The van der Waals surface area contributed by atoms with Crippen LogP contribution in [0.25, 0.3) is 0 Å². The Morgan fingerprint density at radius 2 is 1.05 bits per heavy atom. The highest BCUT2D eigenvalue weighted by atomic mass is 19.2. The second kappa shape index (κ2) is 11.3. The molecule has 0 bridgehead atoms. The molecule has 3 aromatic carbocycles. The molecule has 0 saturated carbocycles. The van der Waals surface area contributed by atoms with Crippen LogP contribution in [-0.2, 0) is 19.3 Å². The first-order valence-electron chi connectivity index (χ1n) is 14.1. The largest absolute Gasteiger partial charge is 0.210 e. The van der Waals surface area contributed by atoms with Crippen molar-refractivity contribution in [1.29, 1.82) is 0 Å². The summed E-state index contributed by atoms with van der Waals surface area (Å²) in [7, 11) is 0. The monoisotopic (exact) mass is 608 g/mol. The number of allylic oxidation sites excluding steroid dienone is 4. The lowest BCUT2D eigenvalue weighted by Gasteiger charge is -2.39. The average Bonchev–Trinajstić information content (AvgIpc) is 3.60. The number of benzene rings is 2. The molecule has 0 unspecified atom stereocenters. The van der Waals surface area contributed by atoms with Gasteiger partial charge in [0.1, 0.15) is 23.3 Å². The van der Waals surface area contributed by atoms with Gasteiger partial charge in [-0.1, -0.05) is 43.3 Å². The van der Waals surface area contributed by atoms with Gasteiger partial charge >= 0.3 is 0 Å². The van der Waals surface area contributed by atoms with Crippen molar-refractivity contribution in [2.75, 3.05) is 0 Å². The zero-order chi connectivity index (χ0) is 30.7. The molecule has 6 rings (SSSR count). The second-order valence-corrected chi connectivity index (χ2v) is 11.3. The standard InChI is InChI=1S/C32H23BF10/c34-23-21(24(35)28(39)31(42)27(23)38)33(22-25(36)29(40)32(43)30(41)26(22)37)20-13-16(18-7-3-4-8-19(18)20)12-11-15-10-9-14-5-1-2-6-17(14)15/h9-10,13H,1-8,11-12H2/q-2. The molecule has 0 atom stereocenters. The summed E-state index contributed by atoms with van der Waals surface area (Å²) in [5.74, 6) is -24.5. The van der Waals surface area contributed by atoms with Gasteiger partial charge < -0.3 is 0 Å². The molecule has 0 heterocycles. The Kier molecular flexibility index (Phi) is 7.79. The van der Waals surface area contributed by atoms with Crippen molar-refractivity contribution in [2.24, 2.45) is 0 Å².